The summed E-state index contributed by atoms with van der Waals surface area (Å²) < 4.78 is 10.3. The molecule has 2 amide bonds. The first-order valence-electron chi connectivity index (χ1n) is 8.55. The zero-order valence-corrected chi connectivity index (χ0v) is 15.3. The number of nitrogens with zero attached hydrogens (tertiary/aromatic N) is 1. The van der Waals surface area contributed by atoms with E-state index in [1.165, 1.54) is 21.0 Å². The summed E-state index contributed by atoms with van der Waals surface area (Å²) in [7, 11) is 1.46. The molecule has 2 rings (SSSR count). The van der Waals surface area contributed by atoms with Crippen molar-refractivity contribution in [2.45, 2.75) is 33.1 Å². The van der Waals surface area contributed by atoms with Crippen LogP contribution in [0.3, 0.4) is 0 Å². The van der Waals surface area contributed by atoms with Crippen molar-refractivity contribution in [3.63, 3.8) is 0 Å². The van der Waals surface area contributed by atoms with Crippen LogP contribution in [0.2, 0.25) is 0 Å². The number of ether oxygens (including phenoxy) is 2. The molecule has 1 N–H and O–H groups in total. The molecule has 0 radical (unpaired) electrons. The second kappa shape index (κ2) is 9.03. The van der Waals surface area contributed by atoms with Gasteiger partial charge in [0.15, 0.2) is 11.5 Å². The summed E-state index contributed by atoms with van der Waals surface area (Å²) in [6, 6.07) is 4.92. The third-order valence-electron chi connectivity index (χ3n) is 3.94. The van der Waals surface area contributed by atoms with Gasteiger partial charge in [-0.05, 0) is 43.0 Å². The molecule has 0 saturated carbocycles. The molecule has 140 valence electrons. The van der Waals surface area contributed by atoms with Crippen molar-refractivity contribution >= 4 is 23.9 Å². The molecule has 1 aromatic rings. The van der Waals surface area contributed by atoms with Crippen molar-refractivity contribution in [1.82, 2.24) is 10.2 Å². The third-order valence-corrected chi connectivity index (χ3v) is 3.94. The largest absolute Gasteiger partial charge is 0.493 e. The second-order valence-electron chi connectivity index (χ2n) is 6.10. The summed E-state index contributed by atoms with van der Waals surface area (Å²) in [6.07, 6.45) is 4.63. The Morgan fingerprint density at radius 1 is 1.08 bits per heavy atom. The fraction of sp³-hybridized carbons (Fsp3) is 0.421. The zero-order chi connectivity index (χ0) is 19.1. The number of rotatable bonds is 5. The lowest BCUT2D eigenvalue weighted by Gasteiger charge is -2.27. The van der Waals surface area contributed by atoms with Crippen LogP contribution >= 0.6 is 0 Å². The number of likely N-dealkylation sites (tertiary alicyclic amines) is 1. The van der Waals surface area contributed by atoms with Gasteiger partial charge in [0.2, 0.25) is 5.91 Å². The number of carbonyl (C=O) groups is 3. The minimum Gasteiger partial charge on any atom is -0.493 e. The molecule has 0 atom stereocenters. The van der Waals surface area contributed by atoms with Crippen molar-refractivity contribution in [3.8, 4) is 11.5 Å². The highest BCUT2D eigenvalue weighted by Crippen LogP contribution is 2.29. The van der Waals surface area contributed by atoms with E-state index in [0.29, 0.717) is 30.2 Å². The first kappa shape index (κ1) is 19.5. The van der Waals surface area contributed by atoms with E-state index in [2.05, 4.69) is 5.32 Å². The quantitative estimate of drug-likeness (QED) is 0.494. The van der Waals surface area contributed by atoms with Gasteiger partial charge in [0.05, 0.1) is 7.11 Å². The molecule has 7 nitrogen and oxygen atoms in total. The van der Waals surface area contributed by atoms with Gasteiger partial charge in [-0.25, -0.2) is 0 Å². The molecule has 0 unspecified atom stereocenters. The van der Waals surface area contributed by atoms with Crippen LogP contribution in [0.4, 0.5) is 0 Å². The molecular weight excluding hydrogens is 336 g/mol. The van der Waals surface area contributed by atoms with E-state index in [-0.39, 0.29) is 17.5 Å². The summed E-state index contributed by atoms with van der Waals surface area (Å²) in [4.78, 5) is 37.2. The highest BCUT2D eigenvalue weighted by molar-refractivity contribution is 6.01. The molecule has 0 bridgehead atoms. The van der Waals surface area contributed by atoms with Crippen LogP contribution in [-0.4, -0.2) is 42.9 Å². The molecule has 1 saturated heterocycles. The third kappa shape index (κ3) is 5.34. The van der Waals surface area contributed by atoms with Crippen molar-refractivity contribution < 1.29 is 23.9 Å². The van der Waals surface area contributed by atoms with Crippen molar-refractivity contribution in [3.05, 3.63) is 29.5 Å². The minimum absolute atomic E-state index is 0.206. The maximum Gasteiger partial charge on any atom is 0.308 e. The molecule has 1 aliphatic heterocycles. The Kier molecular flexibility index (Phi) is 6.77. The summed E-state index contributed by atoms with van der Waals surface area (Å²) in [5, 5.41) is 2.61. The maximum atomic E-state index is 12.7. The molecular formula is C19H24N2O5. The highest BCUT2D eigenvalue weighted by Gasteiger charge is 2.21. The van der Waals surface area contributed by atoms with Gasteiger partial charge in [0.1, 0.15) is 5.70 Å². The van der Waals surface area contributed by atoms with Crippen LogP contribution in [-0.2, 0) is 14.4 Å². The van der Waals surface area contributed by atoms with Crippen LogP contribution in [0, 0.1) is 0 Å². The van der Waals surface area contributed by atoms with Gasteiger partial charge < -0.3 is 19.7 Å². The summed E-state index contributed by atoms with van der Waals surface area (Å²) in [5.41, 5.74) is 0.855. The van der Waals surface area contributed by atoms with Gasteiger partial charge in [-0.3, -0.25) is 14.4 Å². The van der Waals surface area contributed by atoms with E-state index < -0.39 is 5.97 Å². The average Bonchev–Trinajstić information content (AvgIpc) is 2.61. The minimum atomic E-state index is -0.453. The van der Waals surface area contributed by atoms with Crippen LogP contribution in [0.25, 0.3) is 6.08 Å². The van der Waals surface area contributed by atoms with Crippen molar-refractivity contribution in [2.24, 2.45) is 0 Å². The van der Waals surface area contributed by atoms with Gasteiger partial charge in [0, 0.05) is 26.9 Å². The maximum absolute atomic E-state index is 12.7. The Morgan fingerprint density at radius 3 is 2.35 bits per heavy atom. The predicted molar refractivity (Wildman–Crippen MR) is 96.5 cm³/mol. The van der Waals surface area contributed by atoms with E-state index in [1.807, 2.05) is 0 Å². The van der Waals surface area contributed by atoms with E-state index in [9.17, 15) is 14.4 Å². The number of benzene rings is 1. The fourth-order valence-corrected chi connectivity index (χ4v) is 2.79. The Labute approximate surface area is 153 Å². The molecule has 1 fully saturated rings. The monoisotopic (exact) mass is 360 g/mol. The smallest absolute Gasteiger partial charge is 0.308 e. The molecule has 1 aromatic carbocycles. The number of esters is 1. The van der Waals surface area contributed by atoms with Gasteiger partial charge in [0.25, 0.3) is 5.91 Å². The van der Waals surface area contributed by atoms with E-state index in [1.54, 1.807) is 29.2 Å². The zero-order valence-electron chi connectivity index (χ0n) is 15.3. The van der Waals surface area contributed by atoms with Crippen LogP contribution in [0.5, 0.6) is 11.5 Å². The van der Waals surface area contributed by atoms with Gasteiger partial charge in [-0.2, -0.15) is 0 Å². The molecule has 1 heterocycles. The van der Waals surface area contributed by atoms with Crippen molar-refractivity contribution in [2.75, 3.05) is 20.2 Å². The van der Waals surface area contributed by atoms with Gasteiger partial charge >= 0.3 is 5.97 Å². The lowest BCUT2D eigenvalue weighted by Crippen LogP contribution is -2.40. The number of methoxy groups -OCH3 is 1. The summed E-state index contributed by atoms with van der Waals surface area (Å²) >= 11 is 0. The van der Waals surface area contributed by atoms with E-state index >= 15 is 0 Å². The van der Waals surface area contributed by atoms with Crippen LogP contribution in [0.15, 0.2) is 23.9 Å². The number of hydrogen-bond donors (Lipinski definition) is 1. The SMILES string of the molecule is COc1cc(/C=C(/NC(C)=O)C(=O)N2CCCCC2)ccc1OC(C)=O. The Bertz CT molecular complexity index is 721. The first-order chi connectivity index (χ1) is 12.4. The lowest BCUT2D eigenvalue weighted by atomic mass is 10.1. The number of amides is 2. The molecule has 0 aromatic heterocycles. The number of carbonyl (C=O) groups excluding carboxylic acids is 3. The molecule has 26 heavy (non-hydrogen) atoms. The Balaban J connectivity index is 2.31. The number of piperidine rings is 1. The predicted octanol–water partition coefficient (Wildman–Crippen LogP) is 2.11. The van der Waals surface area contributed by atoms with E-state index in [0.717, 1.165) is 19.3 Å². The summed E-state index contributed by atoms with van der Waals surface area (Å²) in [6.45, 7) is 4.04. The average molecular weight is 360 g/mol. The molecule has 7 heteroatoms. The molecule has 1 aliphatic rings. The van der Waals surface area contributed by atoms with Crippen molar-refractivity contribution in [1.29, 1.82) is 0 Å². The Hall–Kier alpha value is -2.83. The second-order valence-corrected chi connectivity index (χ2v) is 6.10. The normalized spacial score (nSPS) is 14.6. The fourth-order valence-electron chi connectivity index (χ4n) is 2.79. The van der Waals surface area contributed by atoms with Crippen LogP contribution in [0.1, 0.15) is 38.7 Å². The van der Waals surface area contributed by atoms with Crippen LogP contribution < -0.4 is 14.8 Å². The standard InChI is InChI=1S/C19H24N2O5/c1-13(22)20-16(19(24)21-9-5-4-6-10-21)11-15-7-8-17(26-14(2)23)18(12-15)25-3/h7-8,11-12H,4-6,9-10H2,1-3H3,(H,20,22)/b16-11+. The topological polar surface area (TPSA) is 84.9 Å². The van der Waals surface area contributed by atoms with Gasteiger partial charge in [-0.1, -0.05) is 6.07 Å². The number of hydrogen-bond acceptors (Lipinski definition) is 5. The van der Waals surface area contributed by atoms with Gasteiger partial charge in [-0.15, -0.1) is 0 Å². The highest BCUT2D eigenvalue weighted by atomic mass is 16.6. The molecule has 0 aliphatic carbocycles. The van der Waals surface area contributed by atoms with E-state index in [4.69, 9.17) is 9.47 Å². The molecule has 0 spiro atoms. The lowest BCUT2D eigenvalue weighted by molar-refractivity contribution is -0.132. The summed E-state index contributed by atoms with van der Waals surface area (Å²) in [5.74, 6) is -0.319. The first-order valence-corrected chi connectivity index (χ1v) is 8.55. The number of nitrogens with one attached hydrogen (secondary N) is 1. The Morgan fingerprint density at radius 2 is 1.77 bits per heavy atom.